The summed E-state index contributed by atoms with van der Waals surface area (Å²) in [6.07, 6.45) is 7.58. The fourth-order valence-corrected chi connectivity index (χ4v) is 4.66. The molecule has 2 aliphatic heterocycles. The van der Waals surface area contributed by atoms with Gasteiger partial charge in [0.05, 0.1) is 17.9 Å². The lowest BCUT2D eigenvalue weighted by Gasteiger charge is -2.29. The van der Waals surface area contributed by atoms with E-state index in [0.29, 0.717) is 17.1 Å². The van der Waals surface area contributed by atoms with Gasteiger partial charge >= 0.3 is 12.1 Å². The Bertz CT molecular complexity index is 846. The van der Waals surface area contributed by atoms with Crippen LogP contribution in [0.1, 0.15) is 53.4 Å². The molecule has 0 aromatic carbocycles. The molecule has 156 valence electrons. The van der Waals surface area contributed by atoms with Gasteiger partial charge in [0.15, 0.2) is 0 Å². The van der Waals surface area contributed by atoms with Gasteiger partial charge in [0.1, 0.15) is 5.60 Å². The Labute approximate surface area is 170 Å². The van der Waals surface area contributed by atoms with Crippen molar-refractivity contribution in [3.05, 3.63) is 35.1 Å². The molecule has 7 heteroatoms. The SMILES string of the molecule is CC1=C[C@@H](OC=C2C(=O)N(C(=O)OC(C)(C)C)[C@@H]3C4=CCCC[C@H]4C[C@H]23)OC1=O. The summed E-state index contributed by atoms with van der Waals surface area (Å²) in [6.45, 7) is 6.99. The second kappa shape index (κ2) is 7.04. The van der Waals surface area contributed by atoms with Crippen LogP contribution >= 0.6 is 0 Å². The Morgan fingerprint density at radius 3 is 2.72 bits per heavy atom. The minimum atomic E-state index is -0.847. The molecule has 0 aromatic rings. The minimum absolute atomic E-state index is 0.133. The molecule has 0 bridgehead atoms. The van der Waals surface area contributed by atoms with Crippen LogP contribution in [0.25, 0.3) is 0 Å². The van der Waals surface area contributed by atoms with Crippen molar-refractivity contribution in [2.45, 2.75) is 71.3 Å². The highest BCUT2D eigenvalue weighted by Gasteiger charge is 2.56. The predicted molar refractivity (Wildman–Crippen MR) is 103 cm³/mol. The van der Waals surface area contributed by atoms with E-state index in [1.807, 2.05) is 0 Å². The highest BCUT2D eigenvalue weighted by molar-refractivity contribution is 6.06. The number of hydrogen-bond donors (Lipinski definition) is 0. The second-order valence-electron chi connectivity index (χ2n) is 9.11. The van der Waals surface area contributed by atoms with Gasteiger partial charge in [0.25, 0.3) is 12.2 Å². The zero-order valence-corrected chi connectivity index (χ0v) is 17.3. The molecule has 2 fully saturated rings. The van der Waals surface area contributed by atoms with Crippen LogP contribution in [0.4, 0.5) is 4.79 Å². The maximum absolute atomic E-state index is 13.2. The third-order valence-corrected chi connectivity index (χ3v) is 5.86. The molecule has 2 aliphatic carbocycles. The number of nitrogens with zero attached hydrogens (tertiary/aromatic N) is 1. The van der Waals surface area contributed by atoms with Crippen LogP contribution in [0.2, 0.25) is 0 Å². The zero-order chi connectivity index (χ0) is 20.9. The van der Waals surface area contributed by atoms with Crippen LogP contribution in [-0.2, 0) is 23.8 Å². The summed E-state index contributed by atoms with van der Waals surface area (Å²) in [7, 11) is 0. The first-order valence-electron chi connectivity index (χ1n) is 10.2. The normalized spacial score (nSPS) is 32.6. The summed E-state index contributed by atoms with van der Waals surface area (Å²) < 4.78 is 16.2. The fourth-order valence-electron chi connectivity index (χ4n) is 4.66. The van der Waals surface area contributed by atoms with Crippen LogP contribution in [0.5, 0.6) is 0 Å². The first kappa shape index (κ1) is 19.7. The topological polar surface area (TPSA) is 82.1 Å². The van der Waals surface area contributed by atoms with Gasteiger partial charge in [-0.05, 0) is 64.9 Å². The fraction of sp³-hybridized carbons (Fsp3) is 0.591. The molecule has 1 saturated heterocycles. The summed E-state index contributed by atoms with van der Waals surface area (Å²) in [5.41, 5.74) is 1.36. The van der Waals surface area contributed by atoms with Crippen LogP contribution in [0.15, 0.2) is 35.1 Å². The van der Waals surface area contributed by atoms with E-state index in [9.17, 15) is 14.4 Å². The average molecular weight is 401 g/mol. The van der Waals surface area contributed by atoms with Crippen LogP contribution in [-0.4, -0.2) is 40.8 Å². The number of amides is 2. The number of imide groups is 1. The number of hydrogen-bond acceptors (Lipinski definition) is 6. The first-order chi connectivity index (χ1) is 13.7. The summed E-state index contributed by atoms with van der Waals surface area (Å²) >= 11 is 0. The van der Waals surface area contributed by atoms with Gasteiger partial charge in [-0.15, -0.1) is 0 Å². The van der Waals surface area contributed by atoms with Gasteiger partial charge in [0, 0.05) is 17.6 Å². The largest absolute Gasteiger partial charge is 0.458 e. The van der Waals surface area contributed by atoms with Crippen molar-refractivity contribution in [3.63, 3.8) is 0 Å². The lowest BCUT2D eigenvalue weighted by atomic mass is 9.89. The summed E-state index contributed by atoms with van der Waals surface area (Å²) in [5.74, 6) is -0.598. The van der Waals surface area contributed by atoms with E-state index in [2.05, 4.69) is 6.08 Å². The Morgan fingerprint density at radius 2 is 2.07 bits per heavy atom. The molecule has 0 aromatic heterocycles. The van der Waals surface area contributed by atoms with Crippen molar-refractivity contribution in [1.29, 1.82) is 0 Å². The molecule has 0 spiro atoms. The number of carbonyl (C=O) groups is 3. The molecule has 4 atom stereocenters. The summed E-state index contributed by atoms with van der Waals surface area (Å²) in [6, 6.07) is -0.319. The van der Waals surface area contributed by atoms with E-state index < -0.39 is 29.9 Å². The molecule has 2 heterocycles. The minimum Gasteiger partial charge on any atom is -0.458 e. The Morgan fingerprint density at radius 1 is 1.31 bits per heavy atom. The number of likely N-dealkylation sites (tertiary alicyclic amines) is 1. The second-order valence-corrected chi connectivity index (χ2v) is 9.11. The maximum Gasteiger partial charge on any atom is 0.417 e. The number of carbonyl (C=O) groups excluding carboxylic acids is 3. The van der Waals surface area contributed by atoms with Crippen molar-refractivity contribution < 1.29 is 28.6 Å². The third kappa shape index (κ3) is 3.58. The van der Waals surface area contributed by atoms with Gasteiger partial charge in [0.2, 0.25) is 0 Å². The molecule has 1 saturated carbocycles. The molecule has 4 rings (SSSR count). The van der Waals surface area contributed by atoms with Crippen LogP contribution in [0.3, 0.4) is 0 Å². The molecular weight excluding hydrogens is 374 g/mol. The number of esters is 1. The van der Waals surface area contributed by atoms with Crippen molar-refractivity contribution in [3.8, 4) is 0 Å². The van der Waals surface area contributed by atoms with E-state index >= 15 is 0 Å². The first-order valence-corrected chi connectivity index (χ1v) is 10.2. The standard InChI is InChI=1S/C22H27NO6/c1-12-9-17(28-20(12)25)27-11-16-15-10-13-7-5-6-8-14(13)18(15)23(19(16)24)21(26)29-22(2,3)4/h8-9,11,13,15,17-18H,5-7,10H2,1-4H3/t13-,15+,17-,18+/m0/s1. The third-order valence-electron chi connectivity index (χ3n) is 5.86. The molecule has 2 amide bonds. The highest BCUT2D eigenvalue weighted by atomic mass is 16.7. The molecule has 0 unspecified atom stereocenters. The Kier molecular flexibility index (Phi) is 4.79. The summed E-state index contributed by atoms with van der Waals surface area (Å²) in [5, 5.41) is 0. The lowest BCUT2D eigenvalue weighted by molar-refractivity contribution is -0.152. The number of rotatable bonds is 2. The number of cyclic esters (lactones) is 1. The number of allylic oxidation sites excluding steroid dienone is 1. The molecule has 0 N–H and O–H groups in total. The van der Waals surface area contributed by atoms with E-state index in [4.69, 9.17) is 14.2 Å². The molecule has 4 aliphatic rings. The average Bonchev–Trinajstić information content (AvgIpc) is 3.23. The summed E-state index contributed by atoms with van der Waals surface area (Å²) in [4.78, 5) is 38.9. The molecule has 29 heavy (non-hydrogen) atoms. The quantitative estimate of drug-likeness (QED) is 0.304. The highest BCUT2D eigenvalue weighted by Crippen LogP contribution is 2.51. The maximum atomic E-state index is 13.2. The number of ether oxygens (including phenoxy) is 3. The monoisotopic (exact) mass is 401 g/mol. The van der Waals surface area contributed by atoms with E-state index in [0.717, 1.165) is 31.3 Å². The molecule has 7 nitrogen and oxygen atoms in total. The Balaban J connectivity index is 1.63. The van der Waals surface area contributed by atoms with Crippen molar-refractivity contribution in [2.24, 2.45) is 11.8 Å². The van der Waals surface area contributed by atoms with Crippen LogP contribution in [0, 0.1) is 11.8 Å². The van der Waals surface area contributed by atoms with Gasteiger partial charge in [-0.1, -0.05) is 6.08 Å². The molecule has 0 radical (unpaired) electrons. The van der Waals surface area contributed by atoms with Crippen molar-refractivity contribution in [2.75, 3.05) is 0 Å². The van der Waals surface area contributed by atoms with Gasteiger partial charge < -0.3 is 14.2 Å². The van der Waals surface area contributed by atoms with Gasteiger partial charge in [-0.2, -0.15) is 0 Å². The van der Waals surface area contributed by atoms with Crippen molar-refractivity contribution in [1.82, 2.24) is 4.90 Å². The van der Waals surface area contributed by atoms with Gasteiger partial charge in [-0.3, -0.25) is 4.79 Å². The predicted octanol–water partition coefficient (Wildman–Crippen LogP) is 3.61. The Hall–Kier alpha value is -2.57. The molecular formula is C22H27NO6. The van der Waals surface area contributed by atoms with Crippen molar-refractivity contribution >= 4 is 18.0 Å². The number of fused-ring (bicyclic) bond motifs is 3. The van der Waals surface area contributed by atoms with E-state index in [-0.39, 0.29) is 12.0 Å². The van der Waals surface area contributed by atoms with Crippen LogP contribution < -0.4 is 0 Å². The van der Waals surface area contributed by atoms with E-state index in [1.165, 1.54) is 11.2 Å². The lowest BCUT2D eigenvalue weighted by Crippen LogP contribution is -2.43. The van der Waals surface area contributed by atoms with E-state index in [1.54, 1.807) is 33.8 Å². The smallest absolute Gasteiger partial charge is 0.417 e. The zero-order valence-electron chi connectivity index (χ0n) is 17.3. The van der Waals surface area contributed by atoms with Gasteiger partial charge in [-0.25, -0.2) is 14.5 Å².